The van der Waals surface area contributed by atoms with E-state index in [0.29, 0.717) is 5.92 Å². The van der Waals surface area contributed by atoms with Crippen molar-refractivity contribution in [3.63, 3.8) is 0 Å². The first-order valence-corrected chi connectivity index (χ1v) is 6.49. The molecule has 1 fully saturated rings. The molecule has 0 unspecified atom stereocenters. The van der Waals surface area contributed by atoms with Crippen LogP contribution in [0.25, 0.3) is 0 Å². The lowest BCUT2D eigenvalue weighted by Crippen LogP contribution is -2.06. The Kier molecular flexibility index (Phi) is 2.87. The van der Waals surface area contributed by atoms with Crippen molar-refractivity contribution in [1.82, 2.24) is 15.3 Å². The second-order valence-corrected chi connectivity index (χ2v) is 4.99. The summed E-state index contributed by atoms with van der Waals surface area (Å²) in [5, 5.41) is 3.33. The first kappa shape index (κ1) is 10.2. The summed E-state index contributed by atoms with van der Waals surface area (Å²) < 4.78 is 0. The summed E-state index contributed by atoms with van der Waals surface area (Å²) in [5.74, 6) is 1.72. The van der Waals surface area contributed by atoms with E-state index in [4.69, 9.17) is 4.98 Å². The molecule has 2 aliphatic rings. The SMILES string of the molecule is c1nc(C2CCCCCC2)nc2c1CNC2. The largest absolute Gasteiger partial charge is 0.307 e. The van der Waals surface area contributed by atoms with Gasteiger partial charge in [-0.05, 0) is 12.8 Å². The van der Waals surface area contributed by atoms with Crippen LogP contribution >= 0.6 is 0 Å². The average Bonchev–Trinajstić information content (AvgIpc) is 2.61. The molecule has 1 aromatic heterocycles. The summed E-state index contributed by atoms with van der Waals surface area (Å²) >= 11 is 0. The van der Waals surface area contributed by atoms with Crippen LogP contribution in [0.2, 0.25) is 0 Å². The second kappa shape index (κ2) is 4.50. The number of hydrogen-bond donors (Lipinski definition) is 1. The summed E-state index contributed by atoms with van der Waals surface area (Å²) in [5.41, 5.74) is 2.52. The van der Waals surface area contributed by atoms with Gasteiger partial charge in [-0.15, -0.1) is 0 Å². The van der Waals surface area contributed by atoms with Crippen LogP contribution in [-0.2, 0) is 13.1 Å². The molecular weight excluding hydrogens is 198 g/mol. The van der Waals surface area contributed by atoms with Gasteiger partial charge in [0.05, 0.1) is 5.69 Å². The molecule has 1 aliphatic carbocycles. The van der Waals surface area contributed by atoms with Gasteiger partial charge in [0.25, 0.3) is 0 Å². The van der Waals surface area contributed by atoms with E-state index in [2.05, 4.69) is 10.3 Å². The van der Waals surface area contributed by atoms with Gasteiger partial charge < -0.3 is 5.32 Å². The predicted octanol–water partition coefficient (Wildman–Crippen LogP) is 2.52. The number of nitrogens with one attached hydrogen (secondary N) is 1. The number of rotatable bonds is 1. The number of aromatic nitrogens is 2. The Morgan fingerprint density at radius 1 is 1.06 bits per heavy atom. The highest BCUT2D eigenvalue weighted by molar-refractivity contribution is 5.22. The summed E-state index contributed by atoms with van der Waals surface area (Å²) in [6.45, 7) is 1.87. The number of hydrogen-bond acceptors (Lipinski definition) is 3. The van der Waals surface area contributed by atoms with E-state index in [1.165, 1.54) is 49.8 Å². The average molecular weight is 217 g/mol. The van der Waals surface area contributed by atoms with E-state index in [9.17, 15) is 0 Å². The van der Waals surface area contributed by atoms with Gasteiger partial charge in [0, 0.05) is 30.8 Å². The quantitative estimate of drug-likeness (QED) is 0.734. The predicted molar refractivity (Wildman–Crippen MR) is 63.0 cm³/mol. The minimum absolute atomic E-state index is 0.619. The standard InChI is InChI=1S/C13H19N3/c1-2-4-6-10(5-3-1)13-15-8-11-7-14-9-12(11)16-13/h8,10,14H,1-7,9H2. The van der Waals surface area contributed by atoms with Crippen LogP contribution in [0.1, 0.15) is 61.5 Å². The Bertz CT molecular complexity index is 367. The molecule has 1 N–H and O–H groups in total. The molecular formula is C13H19N3. The van der Waals surface area contributed by atoms with Crippen molar-refractivity contribution in [2.45, 2.75) is 57.5 Å². The fourth-order valence-corrected chi connectivity index (χ4v) is 2.81. The van der Waals surface area contributed by atoms with Gasteiger partial charge in [-0.1, -0.05) is 25.7 Å². The molecule has 16 heavy (non-hydrogen) atoms. The lowest BCUT2D eigenvalue weighted by atomic mass is 9.99. The van der Waals surface area contributed by atoms with E-state index in [-0.39, 0.29) is 0 Å². The van der Waals surface area contributed by atoms with Gasteiger partial charge >= 0.3 is 0 Å². The van der Waals surface area contributed by atoms with Gasteiger partial charge in [-0.25, -0.2) is 9.97 Å². The highest BCUT2D eigenvalue weighted by atomic mass is 15.0. The Balaban J connectivity index is 1.82. The fourth-order valence-electron chi connectivity index (χ4n) is 2.81. The zero-order chi connectivity index (χ0) is 10.8. The zero-order valence-electron chi connectivity index (χ0n) is 9.71. The Hall–Kier alpha value is -0.960. The third-order valence-electron chi connectivity index (χ3n) is 3.80. The molecule has 0 atom stereocenters. The Morgan fingerprint density at radius 3 is 2.69 bits per heavy atom. The maximum absolute atomic E-state index is 4.74. The number of fused-ring (bicyclic) bond motifs is 1. The van der Waals surface area contributed by atoms with Crippen LogP contribution in [0, 0.1) is 0 Å². The molecule has 3 rings (SSSR count). The molecule has 1 aromatic rings. The summed E-state index contributed by atoms with van der Waals surface area (Å²) in [4.78, 5) is 9.31. The second-order valence-electron chi connectivity index (χ2n) is 4.99. The minimum atomic E-state index is 0.619. The lowest BCUT2D eigenvalue weighted by Gasteiger charge is -2.12. The molecule has 0 amide bonds. The van der Waals surface area contributed by atoms with E-state index >= 15 is 0 Å². The molecule has 1 saturated carbocycles. The molecule has 1 aliphatic heterocycles. The van der Waals surface area contributed by atoms with E-state index in [1.807, 2.05) is 6.20 Å². The van der Waals surface area contributed by atoms with Crippen molar-refractivity contribution >= 4 is 0 Å². The maximum Gasteiger partial charge on any atom is 0.131 e. The molecule has 0 aromatic carbocycles. The molecule has 2 heterocycles. The maximum atomic E-state index is 4.74. The van der Waals surface area contributed by atoms with Crippen LogP contribution in [0.3, 0.4) is 0 Å². The lowest BCUT2D eigenvalue weighted by molar-refractivity contribution is 0.557. The molecule has 0 radical (unpaired) electrons. The van der Waals surface area contributed by atoms with Gasteiger partial charge in [-0.2, -0.15) is 0 Å². The van der Waals surface area contributed by atoms with Crippen molar-refractivity contribution in [1.29, 1.82) is 0 Å². The van der Waals surface area contributed by atoms with Crippen molar-refractivity contribution < 1.29 is 0 Å². The first-order valence-electron chi connectivity index (χ1n) is 6.49. The van der Waals surface area contributed by atoms with Crippen molar-refractivity contribution in [2.24, 2.45) is 0 Å². The van der Waals surface area contributed by atoms with E-state index in [1.54, 1.807) is 0 Å². The highest BCUT2D eigenvalue weighted by Crippen LogP contribution is 2.30. The van der Waals surface area contributed by atoms with Crippen LogP contribution in [0.4, 0.5) is 0 Å². The van der Waals surface area contributed by atoms with E-state index in [0.717, 1.165) is 18.9 Å². The van der Waals surface area contributed by atoms with Crippen LogP contribution < -0.4 is 5.32 Å². The van der Waals surface area contributed by atoms with Crippen molar-refractivity contribution in [2.75, 3.05) is 0 Å². The first-order chi connectivity index (χ1) is 7.93. The smallest absolute Gasteiger partial charge is 0.131 e. The molecule has 0 saturated heterocycles. The highest BCUT2D eigenvalue weighted by Gasteiger charge is 2.19. The fraction of sp³-hybridized carbons (Fsp3) is 0.692. The third-order valence-corrected chi connectivity index (χ3v) is 3.80. The molecule has 3 nitrogen and oxygen atoms in total. The third kappa shape index (κ3) is 1.96. The summed E-state index contributed by atoms with van der Waals surface area (Å²) in [7, 11) is 0. The van der Waals surface area contributed by atoms with Crippen molar-refractivity contribution in [3.05, 3.63) is 23.3 Å². The minimum Gasteiger partial charge on any atom is -0.307 e. The van der Waals surface area contributed by atoms with Crippen LogP contribution in [-0.4, -0.2) is 9.97 Å². The van der Waals surface area contributed by atoms with Gasteiger partial charge in [0.15, 0.2) is 0 Å². The van der Waals surface area contributed by atoms with Gasteiger partial charge in [0.1, 0.15) is 5.82 Å². The van der Waals surface area contributed by atoms with Crippen LogP contribution in [0.5, 0.6) is 0 Å². The zero-order valence-corrected chi connectivity index (χ0v) is 9.71. The Morgan fingerprint density at radius 2 is 1.88 bits per heavy atom. The molecule has 3 heteroatoms. The molecule has 86 valence electrons. The molecule has 0 spiro atoms. The topological polar surface area (TPSA) is 37.8 Å². The van der Waals surface area contributed by atoms with Gasteiger partial charge in [0.2, 0.25) is 0 Å². The number of nitrogens with zero attached hydrogens (tertiary/aromatic N) is 2. The summed E-state index contributed by atoms with van der Waals surface area (Å²) in [6, 6.07) is 0. The van der Waals surface area contributed by atoms with Crippen molar-refractivity contribution in [3.8, 4) is 0 Å². The van der Waals surface area contributed by atoms with Gasteiger partial charge in [-0.3, -0.25) is 0 Å². The Labute approximate surface area is 96.7 Å². The normalized spacial score (nSPS) is 21.8. The van der Waals surface area contributed by atoms with Crippen LogP contribution in [0.15, 0.2) is 6.20 Å². The molecule has 0 bridgehead atoms. The van der Waals surface area contributed by atoms with E-state index < -0.39 is 0 Å². The summed E-state index contributed by atoms with van der Waals surface area (Å²) in [6.07, 6.45) is 10.1. The monoisotopic (exact) mass is 217 g/mol.